The summed E-state index contributed by atoms with van der Waals surface area (Å²) in [5.41, 5.74) is 4.18. The van der Waals surface area contributed by atoms with Crippen LogP contribution in [0.3, 0.4) is 0 Å². The van der Waals surface area contributed by atoms with Crippen LogP contribution in [0.1, 0.15) is 41.4 Å². The molecule has 0 fully saturated rings. The number of thiazole rings is 1. The van der Waals surface area contributed by atoms with Crippen LogP contribution in [0.2, 0.25) is 0 Å². The van der Waals surface area contributed by atoms with Crippen LogP contribution in [0.25, 0.3) is 0 Å². The summed E-state index contributed by atoms with van der Waals surface area (Å²) < 4.78 is 0.830. The second-order valence-electron chi connectivity index (χ2n) is 9.37. The normalized spacial score (nSPS) is 17.1. The molecule has 40 heavy (non-hydrogen) atoms. The summed E-state index contributed by atoms with van der Waals surface area (Å²) in [6, 6.07) is 14.0. The molecule has 10 nitrogen and oxygen atoms in total. The first-order valence-corrected chi connectivity index (χ1v) is 15.2. The number of benzene rings is 2. The minimum absolute atomic E-state index is 0.312. The van der Waals surface area contributed by atoms with Crippen LogP contribution >= 0.6 is 33.9 Å². The van der Waals surface area contributed by atoms with Crippen molar-refractivity contribution in [3.63, 3.8) is 0 Å². The molecule has 3 aromatic rings. The van der Waals surface area contributed by atoms with Crippen molar-refractivity contribution in [3.05, 3.63) is 88.6 Å². The van der Waals surface area contributed by atoms with Crippen molar-refractivity contribution in [3.8, 4) is 0 Å². The molecule has 0 bridgehead atoms. The number of carbonyl (C=O) groups excluding carboxylic acids is 2. The molecule has 12 heteroatoms. The Morgan fingerprint density at radius 1 is 1.23 bits per heavy atom. The number of aliphatic hydroxyl groups excluding tert-OH is 2. The molecule has 0 saturated carbocycles. The van der Waals surface area contributed by atoms with E-state index in [0.717, 1.165) is 26.8 Å². The van der Waals surface area contributed by atoms with Gasteiger partial charge in [-0.2, -0.15) is 0 Å². The van der Waals surface area contributed by atoms with Crippen LogP contribution < -0.4 is 21.5 Å². The largest absolute Gasteiger partial charge is 0.380 e. The number of nitrogens with zero attached hydrogens (tertiary/aromatic N) is 3. The molecule has 1 aromatic heterocycles. The molecule has 0 saturated heterocycles. The van der Waals surface area contributed by atoms with Crippen molar-refractivity contribution in [2.45, 2.75) is 37.6 Å². The summed E-state index contributed by atoms with van der Waals surface area (Å²) in [6.07, 6.45) is 0.374. The van der Waals surface area contributed by atoms with E-state index in [1.165, 1.54) is 21.2 Å². The standard InChI is InChI=1S/C28H33IN6O4S/c1-17(18-8-10-20(11-9-18)35(30)14-5-13-29)32-26(38)24(36)25(37)27(39)34-15-12-19-6-3-4-7-21(19)23(34)22-16-40-28(31-2)33-22/h3-11,14,16-17,23-25,36-37H,12-13,15,30H2,1-2H3,(H,31,33)(H,32,38)/b14-5-/t17-,23-,24-,25-/m1/s1. The first kappa shape index (κ1) is 29.9. The van der Waals surface area contributed by atoms with Crippen molar-refractivity contribution in [1.29, 1.82) is 0 Å². The predicted molar refractivity (Wildman–Crippen MR) is 165 cm³/mol. The van der Waals surface area contributed by atoms with Gasteiger partial charge < -0.3 is 25.7 Å². The van der Waals surface area contributed by atoms with Crippen LogP contribution in [0, 0.1) is 0 Å². The van der Waals surface area contributed by atoms with E-state index in [2.05, 4.69) is 38.2 Å². The number of rotatable bonds is 10. The number of allylic oxidation sites excluding steroid dienone is 1. The van der Waals surface area contributed by atoms with Gasteiger partial charge in [-0.05, 0) is 42.2 Å². The molecular weight excluding hydrogens is 643 g/mol. The molecule has 0 unspecified atom stereocenters. The van der Waals surface area contributed by atoms with E-state index in [4.69, 9.17) is 5.84 Å². The number of amides is 2. The number of nitrogens with one attached hydrogen (secondary N) is 2. The van der Waals surface area contributed by atoms with Crippen molar-refractivity contribution in [2.24, 2.45) is 5.84 Å². The second-order valence-corrected chi connectivity index (χ2v) is 11.1. The number of nitrogens with two attached hydrogens (primary N) is 1. The van der Waals surface area contributed by atoms with Gasteiger partial charge in [0.15, 0.2) is 17.3 Å². The Balaban J connectivity index is 1.46. The smallest absolute Gasteiger partial charge is 0.255 e. The summed E-state index contributed by atoms with van der Waals surface area (Å²) in [4.78, 5) is 32.5. The van der Waals surface area contributed by atoms with Crippen LogP contribution in [-0.4, -0.2) is 62.1 Å². The van der Waals surface area contributed by atoms with Crippen LogP contribution in [0.15, 0.2) is 66.2 Å². The number of hydrazine groups is 1. The van der Waals surface area contributed by atoms with Crippen LogP contribution in [-0.2, 0) is 16.0 Å². The zero-order valence-corrected chi connectivity index (χ0v) is 25.2. The molecule has 2 heterocycles. The number of aliphatic hydroxyl groups is 2. The number of hydrogen-bond donors (Lipinski definition) is 5. The highest BCUT2D eigenvalue weighted by Gasteiger charge is 2.40. The number of fused-ring (bicyclic) bond motifs is 1. The van der Waals surface area contributed by atoms with Gasteiger partial charge in [0.2, 0.25) is 0 Å². The zero-order chi connectivity index (χ0) is 28.8. The van der Waals surface area contributed by atoms with Gasteiger partial charge in [-0.25, -0.2) is 10.8 Å². The van der Waals surface area contributed by atoms with Crippen molar-refractivity contribution in [2.75, 3.05) is 28.3 Å². The molecule has 0 radical (unpaired) electrons. The highest BCUT2D eigenvalue weighted by Crippen LogP contribution is 2.37. The third kappa shape index (κ3) is 6.63. The minimum atomic E-state index is -1.95. The zero-order valence-electron chi connectivity index (χ0n) is 22.2. The maximum Gasteiger partial charge on any atom is 0.255 e. The summed E-state index contributed by atoms with van der Waals surface area (Å²) in [7, 11) is 1.77. The number of halogens is 1. The molecule has 0 aliphatic carbocycles. The van der Waals surface area contributed by atoms with Crippen molar-refractivity contribution >= 4 is 56.6 Å². The Hall–Kier alpha value is -3.04. The molecule has 4 rings (SSSR count). The lowest BCUT2D eigenvalue weighted by atomic mass is 9.90. The second kappa shape index (κ2) is 13.5. The van der Waals surface area contributed by atoms with E-state index in [1.54, 1.807) is 20.2 Å². The molecule has 2 amide bonds. The third-order valence-corrected chi connectivity index (χ3v) is 8.19. The van der Waals surface area contributed by atoms with Gasteiger partial charge in [-0.15, -0.1) is 11.3 Å². The maximum atomic E-state index is 13.5. The number of carbonyl (C=O) groups is 2. The topological polar surface area (TPSA) is 144 Å². The van der Waals surface area contributed by atoms with E-state index in [1.807, 2.05) is 60.0 Å². The van der Waals surface area contributed by atoms with Gasteiger partial charge in [0.1, 0.15) is 6.04 Å². The fraction of sp³-hybridized carbons (Fsp3) is 0.321. The highest BCUT2D eigenvalue weighted by atomic mass is 127. The molecule has 2 aromatic carbocycles. The van der Waals surface area contributed by atoms with Gasteiger partial charge in [-0.3, -0.25) is 14.6 Å². The van der Waals surface area contributed by atoms with Crippen LogP contribution in [0.4, 0.5) is 10.8 Å². The fourth-order valence-corrected chi connectivity index (χ4v) is 5.57. The van der Waals surface area contributed by atoms with Crippen molar-refractivity contribution < 1.29 is 19.8 Å². The van der Waals surface area contributed by atoms with Gasteiger partial charge in [0.25, 0.3) is 11.8 Å². The van der Waals surface area contributed by atoms with Crippen LogP contribution in [0.5, 0.6) is 0 Å². The third-order valence-electron chi connectivity index (χ3n) is 6.81. The van der Waals surface area contributed by atoms with Gasteiger partial charge in [0, 0.05) is 29.6 Å². The minimum Gasteiger partial charge on any atom is -0.380 e. The Morgan fingerprint density at radius 3 is 2.62 bits per heavy atom. The Labute approximate surface area is 251 Å². The van der Waals surface area contributed by atoms with E-state index in [-0.39, 0.29) is 0 Å². The molecule has 1 aliphatic heterocycles. The molecule has 212 valence electrons. The SMILES string of the molecule is CNc1nc([C@H]2c3ccccc3CCN2C(=O)[C@H](O)[C@@H](O)C(=O)N[C@H](C)c2ccc(N(N)/C=C\CI)cc2)cs1. The number of aromatic nitrogens is 1. The Bertz CT molecular complexity index is 1350. The number of hydrogen-bond acceptors (Lipinski definition) is 9. The van der Waals surface area contributed by atoms with Gasteiger partial charge in [0.05, 0.1) is 17.4 Å². The van der Waals surface area contributed by atoms with E-state index in [9.17, 15) is 19.8 Å². The number of anilines is 2. The van der Waals surface area contributed by atoms with Gasteiger partial charge in [-0.1, -0.05) is 65.1 Å². The highest BCUT2D eigenvalue weighted by molar-refractivity contribution is 14.1. The predicted octanol–water partition coefficient (Wildman–Crippen LogP) is 2.89. The Kier molecular flexibility index (Phi) is 10.1. The molecule has 6 N–H and O–H groups in total. The van der Waals surface area contributed by atoms with Crippen molar-refractivity contribution in [1.82, 2.24) is 15.2 Å². The fourth-order valence-electron chi connectivity index (χ4n) is 4.65. The maximum absolute atomic E-state index is 13.5. The average Bonchev–Trinajstić information content (AvgIpc) is 3.47. The molecule has 0 spiro atoms. The number of alkyl halides is 1. The lowest BCUT2D eigenvalue weighted by molar-refractivity contribution is -0.155. The lowest BCUT2D eigenvalue weighted by Crippen LogP contribution is -2.53. The first-order chi connectivity index (χ1) is 19.2. The molecule has 4 atom stereocenters. The first-order valence-electron chi connectivity index (χ1n) is 12.8. The van der Waals surface area contributed by atoms with Gasteiger partial charge >= 0.3 is 0 Å². The Morgan fingerprint density at radius 2 is 1.95 bits per heavy atom. The molecular formula is C28H33IN6O4S. The van der Waals surface area contributed by atoms with E-state index in [0.29, 0.717) is 23.8 Å². The average molecular weight is 677 g/mol. The summed E-state index contributed by atoms with van der Waals surface area (Å²) in [5.74, 6) is 4.42. The van der Waals surface area contributed by atoms with E-state index >= 15 is 0 Å². The molecule has 1 aliphatic rings. The summed E-state index contributed by atoms with van der Waals surface area (Å²) >= 11 is 3.63. The summed E-state index contributed by atoms with van der Waals surface area (Å²) in [6.45, 7) is 2.06. The van der Waals surface area contributed by atoms with E-state index < -0.39 is 36.1 Å². The summed E-state index contributed by atoms with van der Waals surface area (Å²) in [5, 5.41) is 31.3. The quantitative estimate of drug-likeness (QED) is 0.0956. The monoisotopic (exact) mass is 676 g/mol. The lowest BCUT2D eigenvalue weighted by Gasteiger charge is -2.38.